The van der Waals surface area contributed by atoms with Crippen LogP contribution < -0.4 is 5.32 Å². The number of nitrogens with one attached hydrogen (secondary N) is 1. The molecule has 0 aliphatic heterocycles. The van der Waals surface area contributed by atoms with E-state index < -0.39 is 10.8 Å². The molecule has 0 fully saturated rings. The van der Waals surface area contributed by atoms with E-state index >= 15 is 0 Å². The Morgan fingerprint density at radius 2 is 1.90 bits per heavy atom. The Morgan fingerprint density at radius 3 is 2.52 bits per heavy atom. The molecule has 0 aliphatic rings. The third-order valence-corrected chi connectivity index (χ3v) is 3.11. The number of nitro groups is 1. The zero-order valence-electron chi connectivity index (χ0n) is 10.7. The van der Waals surface area contributed by atoms with Crippen LogP contribution in [0.25, 0.3) is 0 Å². The van der Waals surface area contributed by atoms with E-state index in [2.05, 4.69) is 5.32 Å². The van der Waals surface area contributed by atoms with Crippen LogP contribution in [0.2, 0.25) is 5.02 Å². The van der Waals surface area contributed by atoms with Crippen molar-refractivity contribution in [3.05, 3.63) is 68.7 Å². The van der Waals surface area contributed by atoms with Gasteiger partial charge in [0.05, 0.1) is 4.92 Å². The van der Waals surface area contributed by atoms with Crippen LogP contribution in [0.5, 0.6) is 5.75 Å². The predicted octanol–water partition coefficient (Wildman–Crippen LogP) is 2.88. The number of hydrogen-bond donors (Lipinski definition) is 2. The number of benzene rings is 2. The van der Waals surface area contributed by atoms with Gasteiger partial charge in [-0.2, -0.15) is 0 Å². The van der Waals surface area contributed by atoms with Gasteiger partial charge in [0.15, 0.2) is 0 Å². The fraction of sp³-hybridized carbons (Fsp3) is 0.0714. The lowest BCUT2D eigenvalue weighted by Gasteiger charge is -2.06. The van der Waals surface area contributed by atoms with Gasteiger partial charge in [-0.05, 0) is 29.8 Å². The number of nitrogens with zero attached hydrogens (tertiary/aromatic N) is 1. The average molecular weight is 307 g/mol. The molecule has 2 aromatic carbocycles. The maximum absolute atomic E-state index is 11.9. The monoisotopic (exact) mass is 306 g/mol. The number of halogens is 1. The minimum atomic E-state index is -0.640. The molecule has 2 N–H and O–H groups in total. The molecule has 0 atom stereocenters. The standard InChI is InChI=1S/C14H11ClN2O4/c15-12-6-3-10(7-13(12)17(20)21)14(19)16-8-9-1-4-11(18)5-2-9/h1-7,18H,8H2,(H,16,19). The topological polar surface area (TPSA) is 92.5 Å². The number of amides is 1. The van der Waals surface area contributed by atoms with Crippen LogP contribution in [0.4, 0.5) is 5.69 Å². The molecular formula is C14H11ClN2O4. The number of phenolic OH excluding ortho intramolecular Hbond substituents is 1. The van der Waals surface area contributed by atoms with Gasteiger partial charge in [0.1, 0.15) is 10.8 Å². The number of carbonyl (C=O) groups excluding carboxylic acids is 1. The maximum Gasteiger partial charge on any atom is 0.288 e. The number of nitro benzene ring substituents is 1. The smallest absolute Gasteiger partial charge is 0.288 e. The number of hydrogen-bond acceptors (Lipinski definition) is 4. The van der Waals surface area contributed by atoms with Crippen LogP contribution in [0.15, 0.2) is 42.5 Å². The molecule has 108 valence electrons. The second kappa shape index (κ2) is 6.23. The highest BCUT2D eigenvalue weighted by molar-refractivity contribution is 6.32. The minimum absolute atomic E-state index is 0.0184. The Kier molecular flexibility index (Phi) is 4.39. The van der Waals surface area contributed by atoms with E-state index in [-0.39, 0.29) is 28.6 Å². The molecular weight excluding hydrogens is 296 g/mol. The first kappa shape index (κ1) is 14.8. The highest BCUT2D eigenvalue weighted by atomic mass is 35.5. The summed E-state index contributed by atoms with van der Waals surface area (Å²) in [6.45, 7) is 0.246. The lowest BCUT2D eigenvalue weighted by molar-refractivity contribution is -0.384. The van der Waals surface area contributed by atoms with E-state index in [0.717, 1.165) is 11.6 Å². The average Bonchev–Trinajstić information content (AvgIpc) is 2.46. The van der Waals surface area contributed by atoms with Gasteiger partial charge in [0.25, 0.3) is 11.6 Å². The van der Waals surface area contributed by atoms with Crippen LogP contribution in [-0.2, 0) is 6.54 Å². The molecule has 0 heterocycles. The second-order valence-electron chi connectivity index (χ2n) is 4.27. The normalized spacial score (nSPS) is 10.1. The van der Waals surface area contributed by atoms with Crippen LogP contribution in [0.1, 0.15) is 15.9 Å². The van der Waals surface area contributed by atoms with Crippen molar-refractivity contribution in [2.24, 2.45) is 0 Å². The van der Waals surface area contributed by atoms with Crippen molar-refractivity contribution in [2.75, 3.05) is 0 Å². The molecule has 0 saturated heterocycles. The molecule has 7 heteroatoms. The summed E-state index contributed by atoms with van der Waals surface area (Å²) in [6, 6.07) is 10.2. The summed E-state index contributed by atoms with van der Waals surface area (Å²) >= 11 is 5.69. The summed E-state index contributed by atoms with van der Waals surface area (Å²) < 4.78 is 0. The van der Waals surface area contributed by atoms with Crippen molar-refractivity contribution in [3.8, 4) is 5.75 Å². The van der Waals surface area contributed by atoms with Gasteiger partial charge in [-0.25, -0.2) is 0 Å². The predicted molar refractivity (Wildman–Crippen MR) is 77.4 cm³/mol. The summed E-state index contributed by atoms with van der Waals surface area (Å²) in [5.41, 5.74) is 0.642. The zero-order valence-corrected chi connectivity index (χ0v) is 11.5. The van der Waals surface area contributed by atoms with Crippen molar-refractivity contribution in [3.63, 3.8) is 0 Å². The Hall–Kier alpha value is -2.60. The van der Waals surface area contributed by atoms with Crippen molar-refractivity contribution in [2.45, 2.75) is 6.54 Å². The molecule has 0 aliphatic carbocycles. The Labute approximate surface area is 125 Å². The fourth-order valence-electron chi connectivity index (χ4n) is 1.69. The van der Waals surface area contributed by atoms with Gasteiger partial charge in [0.2, 0.25) is 0 Å². The van der Waals surface area contributed by atoms with Gasteiger partial charge >= 0.3 is 0 Å². The molecule has 6 nitrogen and oxygen atoms in total. The van der Waals surface area contributed by atoms with E-state index in [0.29, 0.717) is 0 Å². The number of phenols is 1. The van der Waals surface area contributed by atoms with E-state index in [1.807, 2.05) is 0 Å². The van der Waals surface area contributed by atoms with Crippen LogP contribution in [0.3, 0.4) is 0 Å². The van der Waals surface area contributed by atoms with Crippen molar-refractivity contribution >= 4 is 23.2 Å². The fourth-order valence-corrected chi connectivity index (χ4v) is 1.88. The summed E-state index contributed by atoms with van der Waals surface area (Å²) in [7, 11) is 0. The first-order chi connectivity index (χ1) is 9.97. The maximum atomic E-state index is 11.9. The van der Waals surface area contributed by atoms with Gasteiger partial charge in [0, 0.05) is 18.2 Å². The number of aromatic hydroxyl groups is 1. The second-order valence-corrected chi connectivity index (χ2v) is 4.68. The molecule has 0 unspecified atom stereocenters. The summed E-state index contributed by atoms with van der Waals surface area (Å²) in [4.78, 5) is 22.1. The highest BCUT2D eigenvalue weighted by Gasteiger charge is 2.16. The van der Waals surface area contributed by atoms with Gasteiger partial charge in [-0.3, -0.25) is 14.9 Å². The lowest BCUT2D eigenvalue weighted by atomic mass is 10.1. The van der Waals surface area contributed by atoms with E-state index in [4.69, 9.17) is 16.7 Å². The Bertz CT molecular complexity index is 686. The molecule has 1 amide bonds. The largest absolute Gasteiger partial charge is 0.508 e. The summed E-state index contributed by atoms with van der Waals surface area (Å²) in [5.74, 6) is -0.304. The quantitative estimate of drug-likeness (QED) is 0.671. The summed E-state index contributed by atoms with van der Waals surface area (Å²) in [5, 5.41) is 22.5. The van der Waals surface area contributed by atoms with Gasteiger partial charge in [-0.1, -0.05) is 23.7 Å². The number of carbonyl (C=O) groups is 1. The molecule has 2 aromatic rings. The van der Waals surface area contributed by atoms with E-state index in [1.165, 1.54) is 24.3 Å². The third-order valence-electron chi connectivity index (χ3n) is 2.79. The highest BCUT2D eigenvalue weighted by Crippen LogP contribution is 2.25. The molecule has 0 aromatic heterocycles. The first-order valence-electron chi connectivity index (χ1n) is 5.97. The van der Waals surface area contributed by atoms with Crippen LogP contribution in [0, 0.1) is 10.1 Å². The van der Waals surface area contributed by atoms with E-state index in [1.54, 1.807) is 12.1 Å². The van der Waals surface area contributed by atoms with Gasteiger partial charge < -0.3 is 10.4 Å². The number of rotatable bonds is 4. The van der Waals surface area contributed by atoms with E-state index in [9.17, 15) is 14.9 Å². The summed E-state index contributed by atoms with van der Waals surface area (Å²) in [6.07, 6.45) is 0. The molecule has 21 heavy (non-hydrogen) atoms. The molecule has 0 radical (unpaired) electrons. The molecule has 0 bridgehead atoms. The lowest BCUT2D eigenvalue weighted by Crippen LogP contribution is -2.22. The van der Waals surface area contributed by atoms with Gasteiger partial charge in [-0.15, -0.1) is 0 Å². The minimum Gasteiger partial charge on any atom is -0.508 e. The Balaban J connectivity index is 2.08. The van der Waals surface area contributed by atoms with Crippen molar-refractivity contribution in [1.29, 1.82) is 0 Å². The third kappa shape index (κ3) is 3.70. The van der Waals surface area contributed by atoms with Crippen LogP contribution >= 0.6 is 11.6 Å². The molecule has 0 spiro atoms. The van der Waals surface area contributed by atoms with Crippen LogP contribution in [-0.4, -0.2) is 15.9 Å². The van der Waals surface area contributed by atoms with Crippen molar-refractivity contribution < 1.29 is 14.8 Å². The Morgan fingerprint density at radius 1 is 1.24 bits per heavy atom. The first-order valence-corrected chi connectivity index (χ1v) is 6.35. The van der Waals surface area contributed by atoms with Crippen molar-refractivity contribution in [1.82, 2.24) is 5.32 Å². The SMILES string of the molecule is O=C(NCc1ccc(O)cc1)c1ccc(Cl)c([N+](=O)[O-])c1. The molecule has 2 rings (SSSR count). The zero-order chi connectivity index (χ0) is 15.4. The molecule has 0 saturated carbocycles.